The largest absolute Gasteiger partial charge is 0.389 e. The third kappa shape index (κ3) is 5.70. The number of benzene rings is 1. The van der Waals surface area contributed by atoms with Gasteiger partial charge in [0.15, 0.2) is 9.84 Å². The highest BCUT2D eigenvalue weighted by Crippen LogP contribution is 2.13. The molecule has 0 aliphatic rings. The molecule has 2 N–H and O–H groups in total. The fraction of sp³-hybridized carbons (Fsp3) is 0.500. The van der Waals surface area contributed by atoms with Gasteiger partial charge in [-0.25, -0.2) is 8.42 Å². The lowest BCUT2D eigenvalue weighted by atomic mass is 10.2. The number of ether oxygens (including phenoxy) is 1. The van der Waals surface area contributed by atoms with Crippen molar-refractivity contribution in [3.05, 3.63) is 29.8 Å². The zero-order chi connectivity index (χ0) is 15.9. The molecule has 0 amide bonds. The molecule has 118 valence electrons. The van der Waals surface area contributed by atoms with E-state index in [2.05, 4.69) is 0 Å². The fourth-order valence-electron chi connectivity index (χ4n) is 1.86. The first-order chi connectivity index (χ1) is 9.90. The average molecular weight is 330 g/mol. The number of hydrogen-bond acceptors (Lipinski definition) is 5. The number of thiocarbonyl (C=S) groups is 1. The number of likely N-dealkylation sites (N-methyl/N-ethyl adjacent to an activating group) is 1. The van der Waals surface area contributed by atoms with Crippen LogP contribution in [0.2, 0.25) is 0 Å². The van der Waals surface area contributed by atoms with E-state index in [-0.39, 0.29) is 15.6 Å². The Morgan fingerprint density at radius 1 is 1.38 bits per heavy atom. The summed E-state index contributed by atoms with van der Waals surface area (Å²) in [5.74, 6) is 0.0609. The van der Waals surface area contributed by atoms with Crippen LogP contribution in [0, 0.1) is 0 Å². The highest BCUT2D eigenvalue weighted by molar-refractivity contribution is 7.91. The summed E-state index contributed by atoms with van der Waals surface area (Å²) in [6.45, 7) is 4.56. The smallest absolute Gasteiger partial charge is 0.179 e. The van der Waals surface area contributed by atoms with Gasteiger partial charge in [-0.2, -0.15) is 0 Å². The predicted octanol–water partition coefficient (Wildman–Crippen LogP) is 1.06. The summed E-state index contributed by atoms with van der Waals surface area (Å²) in [6.07, 6.45) is 0. The molecule has 7 heteroatoms. The molecule has 0 aromatic heterocycles. The van der Waals surface area contributed by atoms with Crippen LogP contribution >= 0.6 is 12.2 Å². The van der Waals surface area contributed by atoms with Crippen molar-refractivity contribution in [3.8, 4) is 0 Å². The van der Waals surface area contributed by atoms with E-state index in [1.165, 1.54) is 6.07 Å². The van der Waals surface area contributed by atoms with Gasteiger partial charge in [0, 0.05) is 25.8 Å². The molecule has 0 heterocycles. The minimum absolute atomic E-state index is 0.0609. The Hall–Kier alpha value is -1.02. The second-order valence-electron chi connectivity index (χ2n) is 4.64. The van der Waals surface area contributed by atoms with Gasteiger partial charge in [-0.05, 0) is 18.7 Å². The van der Waals surface area contributed by atoms with E-state index in [4.69, 9.17) is 22.7 Å². The van der Waals surface area contributed by atoms with Gasteiger partial charge in [0.05, 0.1) is 17.3 Å². The Labute approximate surface area is 132 Å². The predicted molar refractivity (Wildman–Crippen MR) is 88.4 cm³/mol. The maximum absolute atomic E-state index is 12.4. The van der Waals surface area contributed by atoms with Crippen molar-refractivity contribution in [2.75, 3.05) is 39.1 Å². The fourth-order valence-corrected chi connectivity index (χ4v) is 3.31. The molecule has 0 aliphatic heterocycles. The second kappa shape index (κ2) is 8.43. The summed E-state index contributed by atoms with van der Waals surface area (Å²) in [6, 6.07) is 6.47. The molecule has 1 rings (SSSR count). The standard InChI is InChI=1S/C14H22N2O3S2/c1-3-16(7-9-19-2)8-10-21(17,18)13-6-4-5-12(11-13)14(15)20/h4-6,11H,3,7-10H2,1-2H3,(H2,15,20). The van der Waals surface area contributed by atoms with Crippen LogP contribution in [-0.2, 0) is 14.6 Å². The van der Waals surface area contributed by atoms with Gasteiger partial charge in [0.2, 0.25) is 0 Å². The summed E-state index contributed by atoms with van der Waals surface area (Å²) in [4.78, 5) is 2.50. The van der Waals surface area contributed by atoms with E-state index in [1.54, 1.807) is 25.3 Å². The van der Waals surface area contributed by atoms with E-state index in [9.17, 15) is 8.42 Å². The first kappa shape index (κ1) is 18.0. The van der Waals surface area contributed by atoms with E-state index < -0.39 is 9.84 Å². The first-order valence-corrected chi connectivity index (χ1v) is 8.80. The zero-order valence-corrected chi connectivity index (χ0v) is 14.0. The SMILES string of the molecule is CCN(CCOC)CCS(=O)(=O)c1cccc(C(N)=S)c1. The summed E-state index contributed by atoms with van der Waals surface area (Å²) in [5, 5.41) is 0. The third-order valence-electron chi connectivity index (χ3n) is 3.21. The molecule has 1 aromatic carbocycles. The van der Waals surface area contributed by atoms with Crippen LogP contribution < -0.4 is 5.73 Å². The molecular formula is C14H22N2O3S2. The molecule has 0 saturated heterocycles. The number of rotatable bonds is 9. The van der Waals surface area contributed by atoms with E-state index in [1.807, 2.05) is 11.8 Å². The van der Waals surface area contributed by atoms with Crippen LogP contribution in [0.25, 0.3) is 0 Å². The lowest BCUT2D eigenvalue weighted by Gasteiger charge is -2.19. The van der Waals surface area contributed by atoms with Gasteiger partial charge in [0.25, 0.3) is 0 Å². The molecule has 0 unspecified atom stereocenters. The molecule has 0 bridgehead atoms. The van der Waals surface area contributed by atoms with Gasteiger partial charge in [-0.3, -0.25) is 0 Å². The zero-order valence-electron chi connectivity index (χ0n) is 12.4. The molecule has 0 atom stereocenters. The van der Waals surface area contributed by atoms with E-state index in [0.29, 0.717) is 18.7 Å². The summed E-state index contributed by atoms with van der Waals surface area (Å²) >= 11 is 4.88. The molecule has 0 aliphatic carbocycles. The van der Waals surface area contributed by atoms with Gasteiger partial charge in [-0.1, -0.05) is 31.3 Å². The number of nitrogens with zero attached hydrogens (tertiary/aromatic N) is 1. The maximum Gasteiger partial charge on any atom is 0.179 e. The van der Waals surface area contributed by atoms with Gasteiger partial charge < -0.3 is 15.4 Å². The number of methoxy groups -OCH3 is 1. The van der Waals surface area contributed by atoms with Crippen molar-refractivity contribution in [1.82, 2.24) is 4.90 Å². The Bertz CT molecular complexity index is 573. The average Bonchev–Trinajstić information content (AvgIpc) is 2.47. The third-order valence-corrected chi connectivity index (χ3v) is 5.14. The quantitative estimate of drug-likeness (QED) is 0.683. The Morgan fingerprint density at radius 2 is 2.10 bits per heavy atom. The van der Waals surface area contributed by atoms with Crippen LogP contribution in [0.4, 0.5) is 0 Å². The van der Waals surface area contributed by atoms with Crippen molar-refractivity contribution in [2.24, 2.45) is 5.73 Å². The van der Waals surface area contributed by atoms with Crippen LogP contribution in [0.15, 0.2) is 29.2 Å². The lowest BCUT2D eigenvalue weighted by molar-refractivity contribution is 0.154. The van der Waals surface area contributed by atoms with E-state index in [0.717, 1.165) is 13.1 Å². The number of nitrogens with two attached hydrogens (primary N) is 1. The van der Waals surface area contributed by atoms with Crippen molar-refractivity contribution in [3.63, 3.8) is 0 Å². The number of hydrogen-bond donors (Lipinski definition) is 1. The van der Waals surface area contributed by atoms with Crippen LogP contribution in [0.1, 0.15) is 12.5 Å². The van der Waals surface area contributed by atoms with Crippen molar-refractivity contribution < 1.29 is 13.2 Å². The molecule has 0 radical (unpaired) electrons. The molecule has 1 aromatic rings. The molecule has 0 spiro atoms. The Morgan fingerprint density at radius 3 is 2.67 bits per heavy atom. The van der Waals surface area contributed by atoms with Crippen molar-refractivity contribution in [1.29, 1.82) is 0 Å². The monoisotopic (exact) mass is 330 g/mol. The minimum atomic E-state index is -3.34. The van der Waals surface area contributed by atoms with E-state index >= 15 is 0 Å². The Balaban J connectivity index is 2.77. The minimum Gasteiger partial charge on any atom is -0.389 e. The van der Waals surface area contributed by atoms with Crippen LogP contribution in [0.5, 0.6) is 0 Å². The summed E-state index contributed by atoms with van der Waals surface area (Å²) in [7, 11) is -1.71. The molecule has 0 fully saturated rings. The molecule has 0 saturated carbocycles. The lowest BCUT2D eigenvalue weighted by Crippen LogP contribution is -2.32. The molecule has 5 nitrogen and oxygen atoms in total. The maximum atomic E-state index is 12.4. The molecular weight excluding hydrogens is 308 g/mol. The highest BCUT2D eigenvalue weighted by atomic mass is 32.2. The highest BCUT2D eigenvalue weighted by Gasteiger charge is 2.16. The van der Waals surface area contributed by atoms with Gasteiger partial charge >= 0.3 is 0 Å². The van der Waals surface area contributed by atoms with Gasteiger partial charge in [0.1, 0.15) is 4.99 Å². The van der Waals surface area contributed by atoms with Crippen LogP contribution in [0.3, 0.4) is 0 Å². The topological polar surface area (TPSA) is 72.6 Å². The summed E-state index contributed by atoms with van der Waals surface area (Å²) < 4.78 is 29.7. The Kier molecular flexibility index (Phi) is 7.24. The number of sulfone groups is 1. The van der Waals surface area contributed by atoms with Crippen molar-refractivity contribution >= 4 is 27.0 Å². The second-order valence-corrected chi connectivity index (χ2v) is 7.19. The van der Waals surface area contributed by atoms with Gasteiger partial charge in [-0.15, -0.1) is 0 Å². The van der Waals surface area contributed by atoms with Crippen LogP contribution in [-0.4, -0.2) is 57.4 Å². The normalized spacial score (nSPS) is 11.8. The van der Waals surface area contributed by atoms with Crippen molar-refractivity contribution in [2.45, 2.75) is 11.8 Å². The first-order valence-electron chi connectivity index (χ1n) is 6.74. The molecule has 21 heavy (non-hydrogen) atoms. The summed E-state index contributed by atoms with van der Waals surface area (Å²) in [5.41, 5.74) is 6.11.